The van der Waals surface area contributed by atoms with Gasteiger partial charge >= 0.3 is 6.18 Å². The van der Waals surface area contributed by atoms with Crippen LogP contribution in [0.2, 0.25) is 0 Å². The van der Waals surface area contributed by atoms with Gasteiger partial charge < -0.3 is 14.7 Å². The van der Waals surface area contributed by atoms with Gasteiger partial charge in [0.25, 0.3) is 0 Å². The topological polar surface area (TPSA) is 63.4 Å². The molecule has 0 spiro atoms. The van der Waals surface area contributed by atoms with Crippen LogP contribution in [-0.4, -0.2) is 46.2 Å². The zero-order chi connectivity index (χ0) is 22.5. The van der Waals surface area contributed by atoms with E-state index in [1.165, 1.54) is 10.9 Å². The molecule has 3 aromatic rings. The number of anilines is 1. The zero-order valence-corrected chi connectivity index (χ0v) is 16.7. The van der Waals surface area contributed by atoms with Crippen LogP contribution in [0.5, 0.6) is 5.75 Å². The number of alkyl halides is 3. The molecule has 0 radical (unpaired) electrons. The molecular weight excluding hydrogens is 423 g/mol. The molecule has 31 heavy (non-hydrogen) atoms. The molecule has 0 unspecified atom stereocenters. The molecule has 0 saturated carbocycles. The average molecular weight is 442 g/mol. The number of benzene rings is 1. The number of aromatic nitrogens is 3. The molecule has 4 rings (SSSR count). The van der Waals surface area contributed by atoms with Gasteiger partial charge in [-0.1, -0.05) is 0 Å². The van der Waals surface area contributed by atoms with Gasteiger partial charge in [-0.3, -0.25) is 4.68 Å². The van der Waals surface area contributed by atoms with Crippen LogP contribution in [0.1, 0.15) is 18.4 Å². The maximum Gasteiger partial charge on any atom is 0.419 e. The number of aryl methyl sites for hydroxylation is 1. The fourth-order valence-electron chi connectivity index (χ4n) is 3.80. The molecule has 2 aromatic heterocycles. The van der Waals surface area contributed by atoms with Gasteiger partial charge in [-0.15, -0.1) is 0 Å². The summed E-state index contributed by atoms with van der Waals surface area (Å²) >= 11 is 0. The third-order valence-electron chi connectivity index (χ3n) is 5.55. The summed E-state index contributed by atoms with van der Waals surface area (Å²) in [5.41, 5.74) is -2.09. The summed E-state index contributed by atoms with van der Waals surface area (Å²) in [5, 5.41) is 14.0. The first-order chi connectivity index (χ1) is 14.6. The third kappa shape index (κ3) is 3.56. The number of methoxy groups -OCH3 is 1. The van der Waals surface area contributed by atoms with Crippen molar-refractivity contribution in [1.82, 2.24) is 14.8 Å². The number of ether oxygens (including phenoxy) is 1. The van der Waals surface area contributed by atoms with E-state index in [4.69, 9.17) is 4.74 Å². The first kappa shape index (κ1) is 21.3. The molecule has 1 atom stereocenters. The molecule has 1 aromatic carbocycles. The summed E-state index contributed by atoms with van der Waals surface area (Å²) in [6.07, 6.45) is -1.91. The minimum absolute atomic E-state index is 0.172. The molecule has 0 amide bonds. The molecule has 11 heteroatoms. The predicted octanol–water partition coefficient (Wildman–Crippen LogP) is 4.25. The number of hydrogen-bond acceptors (Lipinski definition) is 5. The van der Waals surface area contributed by atoms with E-state index in [-0.39, 0.29) is 17.1 Å². The van der Waals surface area contributed by atoms with Crippen molar-refractivity contribution in [2.75, 3.05) is 25.2 Å². The van der Waals surface area contributed by atoms with Crippen LogP contribution in [-0.2, 0) is 18.0 Å². The number of pyridine rings is 1. The second-order valence-corrected chi connectivity index (χ2v) is 7.40. The largest absolute Gasteiger partial charge is 0.503 e. The lowest BCUT2D eigenvalue weighted by Gasteiger charge is -2.42. The molecule has 166 valence electrons. The Labute approximate surface area is 173 Å². The SMILES string of the molecule is COCC[C@H]1CCN1c1cc2c(cn1)c(-c1cc(C(F)(F)F)c(F)c(O)c1F)nn2C. The first-order valence-electron chi connectivity index (χ1n) is 9.50. The summed E-state index contributed by atoms with van der Waals surface area (Å²) in [4.78, 5) is 6.46. The second-order valence-electron chi connectivity index (χ2n) is 7.40. The molecule has 1 aliphatic rings. The lowest BCUT2D eigenvalue weighted by molar-refractivity contribution is -0.140. The Hall–Kier alpha value is -2.95. The lowest BCUT2D eigenvalue weighted by Crippen LogP contribution is -2.48. The summed E-state index contributed by atoms with van der Waals surface area (Å²) in [6, 6.07) is 2.30. The number of phenolic OH excluding ortho intramolecular Hbond substituents is 1. The molecule has 1 saturated heterocycles. The van der Waals surface area contributed by atoms with E-state index in [2.05, 4.69) is 15.0 Å². The third-order valence-corrected chi connectivity index (χ3v) is 5.55. The normalized spacial score (nSPS) is 16.7. The highest BCUT2D eigenvalue weighted by Crippen LogP contribution is 2.42. The Morgan fingerprint density at radius 2 is 1.97 bits per heavy atom. The number of nitrogens with zero attached hydrogens (tertiary/aromatic N) is 4. The molecule has 3 heterocycles. The van der Waals surface area contributed by atoms with Crippen molar-refractivity contribution in [3.8, 4) is 17.0 Å². The van der Waals surface area contributed by atoms with E-state index in [0.717, 1.165) is 19.4 Å². The summed E-state index contributed by atoms with van der Waals surface area (Å²) in [7, 11) is 3.18. The number of aromatic hydroxyl groups is 1. The monoisotopic (exact) mass is 442 g/mol. The van der Waals surface area contributed by atoms with Crippen molar-refractivity contribution in [2.24, 2.45) is 7.05 Å². The van der Waals surface area contributed by atoms with Crippen molar-refractivity contribution in [2.45, 2.75) is 25.1 Å². The molecule has 0 bridgehead atoms. The number of rotatable bonds is 5. The van der Waals surface area contributed by atoms with Crippen molar-refractivity contribution < 1.29 is 31.8 Å². The molecule has 1 fully saturated rings. The van der Waals surface area contributed by atoms with Gasteiger partial charge in [-0.25, -0.2) is 13.8 Å². The van der Waals surface area contributed by atoms with Crippen molar-refractivity contribution in [3.63, 3.8) is 0 Å². The van der Waals surface area contributed by atoms with E-state index in [1.54, 1.807) is 20.2 Å². The number of phenols is 1. The highest BCUT2D eigenvalue weighted by Gasteiger charge is 2.38. The lowest BCUT2D eigenvalue weighted by atomic mass is 9.99. The van der Waals surface area contributed by atoms with Crippen LogP contribution in [0, 0.1) is 11.6 Å². The molecule has 6 nitrogen and oxygen atoms in total. The van der Waals surface area contributed by atoms with Crippen molar-refractivity contribution >= 4 is 16.7 Å². The Balaban J connectivity index is 1.80. The van der Waals surface area contributed by atoms with Crippen LogP contribution in [0.15, 0.2) is 18.3 Å². The van der Waals surface area contributed by atoms with E-state index in [9.17, 15) is 27.1 Å². The van der Waals surface area contributed by atoms with Crippen LogP contribution < -0.4 is 4.90 Å². The van der Waals surface area contributed by atoms with Crippen LogP contribution in [0.4, 0.5) is 27.8 Å². The number of hydrogen-bond donors (Lipinski definition) is 1. The predicted molar refractivity (Wildman–Crippen MR) is 103 cm³/mol. The Morgan fingerprint density at radius 1 is 1.23 bits per heavy atom. The van der Waals surface area contributed by atoms with Crippen LogP contribution in [0.25, 0.3) is 22.2 Å². The van der Waals surface area contributed by atoms with Crippen molar-refractivity contribution in [3.05, 3.63) is 35.5 Å². The van der Waals surface area contributed by atoms with E-state index in [1.807, 2.05) is 0 Å². The summed E-state index contributed by atoms with van der Waals surface area (Å²) in [5.74, 6) is -4.62. The summed E-state index contributed by atoms with van der Waals surface area (Å²) in [6.45, 7) is 1.40. The molecule has 0 aliphatic carbocycles. The molecular formula is C20H19F5N4O2. The van der Waals surface area contributed by atoms with Gasteiger partial charge in [0.1, 0.15) is 11.5 Å². The Morgan fingerprint density at radius 3 is 2.58 bits per heavy atom. The van der Waals surface area contributed by atoms with E-state index < -0.39 is 34.7 Å². The maximum atomic E-state index is 14.5. The Kier molecular flexibility index (Phi) is 5.24. The fraction of sp³-hybridized carbons (Fsp3) is 0.400. The Bertz CT molecular complexity index is 1150. The zero-order valence-electron chi connectivity index (χ0n) is 16.7. The molecule has 1 aliphatic heterocycles. The average Bonchev–Trinajstić information content (AvgIpc) is 3.01. The minimum Gasteiger partial charge on any atom is -0.503 e. The minimum atomic E-state index is -5.12. The second kappa shape index (κ2) is 7.63. The van der Waals surface area contributed by atoms with Gasteiger partial charge in [0.2, 0.25) is 0 Å². The van der Waals surface area contributed by atoms with Gasteiger partial charge in [0, 0.05) is 56.6 Å². The maximum absolute atomic E-state index is 14.5. The van der Waals surface area contributed by atoms with E-state index >= 15 is 0 Å². The van der Waals surface area contributed by atoms with Crippen molar-refractivity contribution in [1.29, 1.82) is 0 Å². The summed E-state index contributed by atoms with van der Waals surface area (Å²) < 4.78 is 74.4. The number of fused-ring (bicyclic) bond motifs is 1. The van der Waals surface area contributed by atoms with Gasteiger partial charge in [-0.05, 0) is 18.9 Å². The first-order valence-corrected chi connectivity index (χ1v) is 9.50. The standard InChI is InChI=1S/C20H19F5N4O2/c1-28-14-8-15(29-5-3-10(29)4-6-31-2)26-9-12(14)18(27-28)11-7-13(20(23,24)25)17(22)19(30)16(11)21/h7-10,30H,3-6H2,1-2H3/t10-/m1/s1. The van der Waals surface area contributed by atoms with Crippen LogP contribution >= 0.6 is 0 Å². The quantitative estimate of drug-likeness (QED) is 0.599. The fourth-order valence-corrected chi connectivity index (χ4v) is 3.80. The van der Waals surface area contributed by atoms with E-state index in [0.29, 0.717) is 24.0 Å². The van der Waals surface area contributed by atoms with Crippen LogP contribution in [0.3, 0.4) is 0 Å². The smallest absolute Gasteiger partial charge is 0.419 e. The highest BCUT2D eigenvalue weighted by atomic mass is 19.4. The molecule has 1 N–H and O–H groups in total. The number of halogens is 5. The van der Waals surface area contributed by atoms with Gasteiger partial charge in [-0.2, -0.15) is 18.3 Å². The highest BCUT2D eigenvalue weighted by molar-refractivity contribution is 5.94. The van der Waals surface area contributed by atoms with Gasteiger partial charge in [0.05, 0.1) is 11.1 Å². The van der Waals surface area contributed by atoms with Gasteiger partial charge in [0.15, 0.2) is 17.4 Å².